The number of benzene rings is 1. The molecule has 132 valence electrons. The summed E-state index contributed by atoms with van der Waals surface area (Å²) in [4.78, 5) is 20.0. The van der Waals surface area contributed by atoms with E-state index in [1.165, 1.54) is 35.7 Å². The van der Waals surface area contributed by atoms with Crippen molar-refractivity contribution in [1.82, 2.24) is 19.7 Å². The number of hydrogen-bond acceptors (Lipinski definition) is 5. The van der Waals surface area contributed by atoms with Crippen LogP contribution in [0, 0.1) is 0 Å². The van der Waals surface area contributed by atoms with Crippen molar-refractivity contribution in [1.29, 1.82) is 0 Å². The van der Waals surface area contributed by atoms with Gasteiger partial charge in [0, 0.05) is 11.4 Å². The van der Waals surface area contributed by atoms with Gasteiger partial charge in [0.1, 0.15) is 5.25 Å². The van der Waals surface area contributed by atoms with Gasteiger partial charge in [-0.3, -0.25) is 9.69 Å². The first-order valence-corrected chi connectivity index (χ1v) is 10.1. The summed E-state index contributed by atoms with van der Waals surface area (Å²) in [5.41, 5.74) is 1.10. The number of piperidine rings is 1. The van der Waals surface area contributed by atoms with Gasteiger partial charge < -0.3 is 0 Å². The van der Waals surface area contributed by atoms with Gasteiger partial charge in [-0.2, -0.15) is 4.68 Å². The minimum Gasteiger partial charge on any atom is -0.295 e. The summed E-state index contributed by atoms with van der Waals surface area (Å²) >= 11 is 7.78. The summed E-state index contributed by atoms with van der Waals surface area (Å²) in [6, 6.07) is 7.91. The first-order valence-electron chi connectivity index (χ1n) is 8.83. The zero-order chi connectivity index (χ0) is 17.4. The van der Waals surface area contributed by atoms with E-state index in [9.17, 15) is 4.79 Å². The van der Waals surface area contributed by atoms with E-state index in [0.29, 0.717) is 5.02 Å². The lowest BCUT2D eigenvalue weighted by atomic mass is 9.98. The van der Waals surface area contributed by atoms with Crippen molar-refractivity contribution < 1.29 is 4.79 Å². The number of carbonyl (C=O) groups is 1. The maximum atomic E-state index is 13.0. The smallest absolute Gasteiger partial charge is 0.264 e. The van der Waals surface area contributed by atoms with Crippen LogP contribution in [0.15, 0.2) is 29.4 Å². The highest BCUT2D eigenvalue weighted by Crippen LogP contribution is 2.42. The molecule has 1 aromatic carbocycles. The first-order chi connectivity index (χ1) is 12.2. The van der Waals surface area contributed by atoms with Gasteiger partial charge in [-0.15, -0.1) is 5.10 Å². The van der Waals surface area contributed by atoms with E-state index in [0.717, 1.165) is 36.1 Å². The third-order valence-corrected chi connectivity index (χ3v) is 6.31. The fourth-order valence-electron chi connectivity index (χ4n) is 3.66. The molecule has 0 aliphatic carbocycles. The monoisotopic (exact) mass is 376 g/mol. The Hall–Kier alpha value is -1.37. The molecule has 2 aromatic rings. The number of rotatable bonds is 4. The molecule has 1 fully saturated rings. The zero-order valence-corrected chi connectivity index (χ0v) is 15.8. The summed E-state index contributed by atoms with van der Waals surface area (Å²) in [5, 5.41) is 5.57. The Bertz CT molecular complexity index is 787. The second-order valence-corrected chi connectivity index (χ2v) is 8.09. The average molecular weight is 377 g/mol. The van der Waals surface area contributed by atoms with Crippen LogP contribution in [-0.2, 0) is 6.42 Å². The standard InChI is InChI=1S/C18H21ClN4OS/c1-2-14-20-18-23(21-14)17(24)16(25-18)15(22-9-4-3-5-10-22)12-7-6-8-13(19)11-12/h6-8,11,15-16H,2-5,9-10H2,1H3. The summed E-state index contributed by atoms with van der Waals surface area (Å²) in [6.45, 7) is 4.02. The topological polar surface area (TPSA) is 51.0 Å². The predicted octanol–water partition coefficient (Wildman–Crippen LogP) is 3.84. The van der Waals surface area contributed by atoms with E-state index in [1.54, 1.807) is 0 Å². The van der Waals surface area contributed by atoms with Crippen molar-refractivity contribution >= 4 is 29.3 Å². The number of aryl methyl sites for hydroxylation is 1. The Labute approximate surface area is 156 Å². The number of nitrogens with zero attached hydrogens (tertiary/aromatic N) is 4. The number of aromatic nitrogens is 3. The third kappa shape index (κ3) is 3.23. The van der Waals surface area contributed by atoms with E-state index in [4.69, 9.17) is 11.6 Å². The fraction of sp³-hybridized carbons (Fsp3) is 0.500. The fourth-order valence-corrected chi connectivity index (χ4v) is 5.13. The van der Waals surface area contributed by atoms with Crippen LogP contribution in [-0.4, -0.2) is 43.9 Å². The van der Waals surface area contributed by atoms with Gasteiger partial charge in [0.2, 0.25) is 0 Å². The van der Waals surface area contributed by atoms with Gasteiger partial charge in [0.25, 0.3) is 5.91 Å². The molecule has 1 aromatic heterocycles. The summed E-state index contributed by atoms with van der Waals surface area (Å²) in [5.74, 6) is 0.759. The number of halogens is 1. The molecule has 1 saturated heterocycles. The summed E-state index contributed by atoms with van der Waals surface area (Å²) in [7, 11) is 0. The van der Waals surface area contributed by atoms with E-state index in [2.05, 4.69) is 21.0 Å². The normalized spacial score (nSPS) is 22.2. The van der Waals surface area contributed by atoms with Crippen molar-refractivity contribution in [2.75, 3.05) is 13.1 Å². The first kappa shape index (κ1) is 17.1. The van der Waals surface area contributed by atoms with Crippen molar-refractivity contribution in [3.63, 3.8) is 0 Å². The Balaban J connectivity index is 1.68. The van der Waals surface area contributed by atoms with Crippen LogP contribution < -0.4 is 0 Å². The molecule has 4 rings (SSSR count). The van der Waals surface area contributed by atoms with E-state index in [1.807, 2.05) is 25.1 Å². The van der Waals surface area contributed by atoms with Crippen molar-refractivity contribution in [3.8, 4) is 0 Å². The molecule has 2 aliphatic heterocycles. The van der Waals surface area contributed by atoms with Crippen LogP contribution in [0.4, 0.5) is 0 Å². The molecule has 0 N–H and O–H groups in total. The molecular formula is C18H21ClN4OS. The second-order valence-electron chi connectivity index (χ2n) is 6.55. The summed E-state index contributed by atoms with van der Waals surface area (Å²) in [6.07, 6.45) is 4.34. The van der Waals surface area contributed by atoms with Crippen LogP contribution >= 0.6 is 23.4 Å². The predicted molar refractivity (Wildman–Crippen MR) is 99.3 cm³/mol. The number of likely N-dealkylation sites (tertiary alicyclic amines) is 1. The molecule has 25 heavy (non-hydrogen) atoms. The Morgan fingerprint density at radius 3 is 2.80 bits per heavy atom. The molecule has 0 bridgehead atoms. The molecule has 2 unspecified atom stereocenters. The van der Waals surface area contributed by atoms with Gasteiger partial charge in [-0.1, -0.05) is 48.8 Å². The maximum absolute atomic E-state index is 13.0. The second kappa shape index (κ2) is 7.09. The van der Waals surface area contributed by atoms with Crippen LogP contribution in [0.2, 0.25) is 5.02 Å². The minimum atomic E-state index is -0.225. The van der Waals surface area contributed by atoms with Crippen LogP contribution in [0.5, 0.6) is 0 Å². The van der Waals surface area contributed by atoms with Crippen molar-refractivity contribution in [2.45, 2.75) is 49.1 Å². The van der Waals surface area contributed by atoms with E-state index >= 15 is 0 Å². The Morgan fingerprint density at radius 1 is 1.32 bits per heavy atom. The molecule has 3 heterocycles. The van der Waals surface area contributed by atoms with Gasteiger partial charge in [0.05, 0.1) is 6.04 Å². The molecule has 0 amide bonds. The lowest BCUT2D eigenvalue weighted by molar-refractivity contribution is 0.0818. The molecule has 0 radical (unpaired) electrons. The van der Waals surface area contributed by atoms with Gasteiger partial charge in [0.15, 0.2) is 11.0 Å². The van der Waals surface area contributed by atoms with E-state index < -0.39 is 0 Å². The Kier molecular flexibility index (Phi) is 4.84. The van der Waals surface area contributed by atoms with Crippen molar-refractivity contribution in [3.05, 3.63) is 40.7 Å². The summed E-state index contributed by atoms with van der Waals surface area (Å²) < 4.78 is 1.50. The molecule has 0 spiro atoms. The third-order valence-electron chi connectivity index (χ3n) is 4.88. The zero-order valence-electron chi connectivity index (χ0n) is 14.2. The van der Waals surface area contributed by atoms with Crippen molar-refractivity contribution in [2.24, 2.45) is 0 Å². The Morgan fingerprint density at radius 2 is 2.12 bits per heavy atom. The molecule has 2 atom stereocenters. The van der Waals surface area contributed by atoms with Gasteiger partial charge in [-0.25, -0.2) is 4.98 Å². The van der Waals surface area contributed by atoms with Gasteiger partial charge >= 0.3 is 0 Å². The highest BCUT2D eigenvalue weighted by atomic mass is 35.5. The highest BCUT2D eigenvalue weighted by Gasteiger charge is 2.43. The lowest BCUT2D eigenvalue weighted by Gasteiger charge is -2.37. The number of fused-ring (bicyclic) bond motifs is 1. The highest BCUT2D eigenvalue weighted by molar-refractivity contribution is 8.00. The molecule has 0 saturated carbocycles. The molecular weight excluding hydrogens is 356 g/mol. The minimum absolute atomic E-state index is 0.00470. The van der Waals surface area contributed by atoms with Gasteiger partial charge in [-0.05, 0) is 43.6 Å². The largest absolute Gasteiger partial charge is 0.295 e. The van der Waals surface area contributed by atoms with Crippen LogP contribution in [0.3, 0.4) is 0 Å². The average Bonchev–Trinajstić information content (AvgIpc) is 3.16. The number of hydrogen-bond donors (Lipinski definition) is 0. The SMILES string of the molecule is CCc1nc2n(n1)C(=O)C(C(c1cccc(Cl)c1)N1CCCCC1)S2. The van der Waals surface area contributed by atoms with E-state index in [-0.39, 0.29) is 17.2 Å². The molecule has 5 nitrogen and oxygen atoms in total. The maximum Gasteiger partial charge on any atom is 0.264 e. The van der Waals surface area contributed by atoms with Crippen LogP contribution in [0.25, 0.3) is 0 Å². The number of thioether (sulfide) groups is 1. The van der Waals surface area contributed by atoms with Crippen LogP contribution in [0.1, 0.15) is 48.4 Å². The molecule has 2 aliphatic rings. The quantitative estimate of drug-likeness (QED) is 0.811. The number of carbonyl (C=O) groups excluding carboxylic acids is 1. The molecule has 7 heteroatoms. The lowest BCUT2D eigenvalue weighted by Crippen LogP contribution is -2.41.